The van der Waals surface area contributed by atoms with Crippen LogP contribution in [0.5, 0.6) is 0 Å². The molecule has 0 aliphatic carbocycles. The molecule has 0 atom stereocenters. The van der Waals surface area contributed by atoms with Crippen molar-refractivity contribution < 1.29 is 0 Å². The number of nitrogens with one attached hydrogen (secondary N) is 2. The fourth-order valence-corrected chi connectivity index (χ4v) is 2.38. The van der Waals surface area contributed by atoms with Crippen LogP contribution in [0.4, 0.5) is 10.8 Å². The van der Waals surface area contributed by atoms with Crippen molar-refractivity contribution >= 4 is 34.1 Å². The molecule has 0 aliphatic heterocycles. The molecule has 2 N–H and O–H groups in total. The van der Waals surface area contributed by atoms with E-state index in [0.717, 1.165) is 20.7 Å². The van der Waals surface area contributed by atoms with Gasteiger partial charge in [-0.15, -0.1) is 10.2 Å². The van der Waals surface area contributed by atoms with Gasteiger partial charge in [-0.25, -0.2) is 0 Å². The summed E-state index contributed by atoms with van der Waals surface area (Å²) >= 11 is 3.08. The molecule has 0 bridgehead atoms. The van der Waals surface area contributed by atoms with E-state index < -0.39 is 0 Å². The smallest absolute Gasteiger partial charge is 0.215 e. The topological polar surface area (TPSA) is 49.8 Å². The van der Waals surface area contributed by atoms with Gasteiger partial charge in [-0.05, 0) is 43.1 Å². The maximum absolute atomic E-state index is 3.99. The van der Waals surface area contributed by atoms with E-state index in [1.165, 1.54) is 11.9 Å². The number of anilines is 2. The second-order valence-corrected chi connectivity index (χ2v) is 5.17. The van der Waals surface area contributed by atoms with Crippen molar-refractivity contribution in [3.63, 3.8) is 0 Å². The molecule has 0 spiro atoms. The van der Waals surface area contributed by atoms with Crippen molar-refractivity contribution in [1.29, 1.82) is 0 Å². The Morgan fingerprint density at radius 2 is 1.94 bits per heavy atom. The summed E-state index contributed by atoms with van der Waals surface area (Å²) in [7, 11) is 1.91. The molecule has 1 heterocycles. The van der Waals surface area contributed by atoms with Gasteiger partial charge in [0.1, 0.15) is 5.01 Å². The molecule has 0 radical (unpaired) electrons. The number of nitrogens with zero attached hydrogens (tertiary/aromatic N) is 2. The molecule has 2 aromatic rings. The van der Waals surface area contributed by atoms with Crippen LogP contribution in [0, 0.1) is 6.92 Å². The molecule has 1 aromatic carbocycles. The molecule has 0 fully saturated rings. The lowest BCUT2D eigenvalue weighted by Gasteiger charge is -2.03. The van der Waals surface area contributed by atoms with Crippen LogP contribution < -0.4 is 10.0 Å². The number of aromatic nitrogens is 2. The summed E-state index contributed by atoms with van der Waals surface area (Å²) in [6.07, 6.45) is 0. The van der Waals surface area contributed by atoms with E-state index in [4.69, 9.17) is 0 Å². The predicted molar refractivity (Wildman–Crippen MR) is 70.1 cm³/mol. The summed E-state index contributed by atoms with van der Waals surface area (Å²) in [6.45, 7) is 1.94. The van der Waals surface area contributed by atoms with Crippen LogP contribution in [0.15, 0.2) is 29.2 Å². The molecule has 2 rings (SSSR count). The molecule has 4 nitrogen and oxygen atoms in total. The first kappa shape index (κ1) is 11.2. The SMILES string of the molecule is CNc1ccc(SNc2nnc(C)s2)cc1. The van der Waals surface area contributed by atoms with Crippen LogP contribution in [0.1, 0.15) is 5.01 Å². The van der Waals surface area contributed by atoms with E-state index in [0.29, 0.717) is 0 Å². The summed E-state index contributed by atoms with van der Waals surface area (Å²) < 4.78 is 3.16. The standard InChI is InChI=1S/C10H12N4S2/c1-7-12-13-10(15-7)14-16-9-5-3-8(11-2)4-6-9/h3-6,11H,1-2H3,(H,13,14). The highest BCUT2D eigenvalue weighted by Crippen LogP contribution is 2.24. The molecule has 16 heavy (non-hydrogen) atoms. The molecule has 0 aliphatic rings. The van der Waals surface area contributed by atoms with Crippen LogP contribution in [0.25, 0.3) is 0 Å². The third kappa shape index (κ3) is 2.86. The third-order valence-electron chi connectivity index (χ3n) is 1.93. The van der Waals surface area contributed by atoms with Crippen LogP contribution >= 0.6 is 23.3 Å². The predicted octanol–water partition coefficient (Wildman–Crippen LogP) is 3.01. The lowest BCUT2D eigenvalue weighted by molar-refractivity contribution is 1.06. The summed E-state index contributed by atoms with van der Waals surface area (Å²) in [5.74, 6) is 0. The normalized spacial score (nSPS) is 10.1. The highest BCUT2D eigenvalue weighted by atomic mass is 32.2. The number of aryl methyl sites for hydroxylation is 1. The van der Waals surface area contributed by atoms with Crippen molar-refractivity contribution in [2.45, 2.75) is 11.8 Å². The minimum atomic E-state index is 0.834. The van der Waals surface area contributed by atoms with Gasteiger partial charge in [0.25, 0.3) is 0 Å². The lowest BCUT2D eigenvalue weighted by atomic mass is 10.3. The van der Waals surface area contributed by atoms with Crippen molar-refractivity contribution in [2.75, 3.05) is 17.1 Å². The molecule has 1 aromatic heterocycles. The van der Waals surface area contributed by atoms with Crippen LogP contribution in [-0.2, 0) is 0 Å². The van der Waals surface area contributed by atoms with Crippen molar-refractivity contribution in [3.05, 3.63) is 29.3 Å². The van der Waals surface area contributed by atoms with E-state index in [-0.39, 0.29) is 0 Å². The van der Waals surface area contributed by atoms with Gasteiger partial charge in [0, 0.05) is 17.6 Å². The Morgan fingerprint density at radius 3 is 2.50 bits per heavy atom. The van der Waals surface area contributed by atoms with Crippen LogP contribution in [0.2, 0.25) is 0 Å². The molecule has 6 heteroatoms. The van der Waals surface area contributed by atoms with E-state index >= 15 is 0 Å². The molecule has 0 amide bonds. The number of hydrogen-bond donors (Lipinski definition) is 2. The lowest BCUT2D eigenvalue weighted by Crippen LogP contribution is -1.88. The first-order valence-corrected chi connectivity index (χ1v) is 6.42. The van der Waals surface area contributed by atoms with Crippen LogP contribution in [0.3, 0.4) is 0 Å². The average Bonchev–Trinajstić information content (AvgIpc) is 2.73. The zero-order valence-electron chi connectivity index (χ0n) is 9.02. The summed E-state index contributed by atoms with van der Waals surface area (Å²) in [5, 5.41) is 12.8. The molecule has 0 saturated carbocycles. The second kappa shape index (κ2) is 5.18. The van der Waals surface area contributed by atoms with E-state index in [9.17, 15) is 0 Å². The minimum Gasteiger partial charge on any atom is -0.388 e. The van der Waals surface area contributed by atoms with E-state index in [1.807, 2.05) is 26.1 Å². The summed E-state index contributed by atoms with van der Waals surface area (Å²) in [6, 6.07) is 8.18. The molecule has 0 saturated heterocycles. The Balaban J connectivity index is 1.94. The van der Waals surface area contributed by atoms with Gasteiger partial charge < -0.3 is 10.0 Å². The Bertz CT molecular complexity index is 452. The van der Waals surface area contributed by atoms with Gasteiger partial charge in [0.05, 0.1) is 0 Å². The third-order valence-corrected chi connectivity index (χ3v) is 3.61. The first-order chi connectivity index (χ1) is 7.78. The van der Waals surface area contributed by atoms with Crippen LogP contribution in [-0.4, -0.2) is 17.2 Å². The maximum atomic E-state index is 3.99. The van der Waals surface area contributed by atoms with Crippen molar-refractivity contribution in [3.8, 4) is 0 Å². The number of benzene rings is 1. The van der Waals surface area contributed by atoms with Crippen molar-refractivity contribution in [1.82, 2.24) is 10.2 Å². The Morgan fingerprint density at radius 1 is 1.19 bits per heavy atom. The molecular weight excluding hydrogens is 240 g/mol. The average molecular weight is 252 g/mol. The summed E-state index contributed by atoms with van der Waals surface area (Å²) in [5.41, 5.74) is 1.11. The van der Waals surface area contributed by atoms with Gasteiger partial charge in [0.15, 0.2) is 0 Å². The summed E-state index contributed by atoms with van der Waals surface area (Å²) in [4.78, 5) is 1.15. The fourth-order valence-electron chi connectivity index (χ4n) is 1.13. The number of rotatable bonds is 4. The van der Waals surface area contributed by atoms with E-state index in [2.05, 4.69) is 32.4 Å². The Kier molecular flexibility index (Phi) is 3.63. The minimum absolute atomic E-state index is 0.834. The Labute approximate surface area is 103 Å². The zero-order valence-corrected chi connectivity index (χ0v) is 10.7. The molecule has 84 valence electrons. The number of hydrogen-bond acceptors (Lipinski definition) is 6. The van der Waals surface area contributed by atoms with Gasteiger partial charge in [-0.1, -0.05) is 11.3 Å². The van der Waals surface area contributed by atoms with Crippen molar-refractivity contribution in [2.24, 2.45) is 0 Å². The largest absolute Gasteiger partial charge is 0.388 e. The highest BCUT2D eigenvalue weighted by molar-refractivity contribution is 8.00. The van der Waals surface area contributed by atoms with Gasteiger partial charge >= 0.3 is 0 Å². The molecule has 0 unspecified atom stereocenters. The Hall–Kier alpha value is -1.27. The monoisotopic (exact) mass is 252 g/mol. The van der Waals surface area contributed by atoms with Gasteiger partial charge in [0.2, 0.25) is 5.13 Å². The van der Waals surface area contributed by atoms with Gasteiger partial charge in [-0.2, -0.15) is 0 Å². The second-order valence-electron chi connectivity index (χ2n) is 3.10. The molecular formula is C10H12N4S2. The quantitative estimate of drug-likeness (QED) is 0.819. The van der Waals surface area contributed by atoms with E-state index in [1.54, 1.807) is 11.3 Å². The van der Waals surface area contributed by atoms with Gasteiger partial charge in [-0.3, -0.25) is 0 Å². The first-order valence-electron chi connectivity index (χ1n) is 4.79. The maximum Gasteiger partial charge on any atom is 0.215 e. The fraction of sp³-hybridized carbons (Fsp3) is 0.200. The zero-order chi connectivity index (χ0) is 11.4. The highest BCUT2D eigenvalue weighted by Gasteiger charge is 2.00.